The Morgan fingerprint density at radius 1 is 1.12 bits per heavy atom. The predicted octanol–water partition coefficient (Wildman–Crippen LogP) is 3.53. The number of thioether (sulfide) groups is 1. The van der Waals surface area contributed by atoms with E-state index in [1.807, 2.05) is 33.9 Å². The van der Waals surface area contributed by atoms with E-state index < -0.39 is 0 Å². The largest absolute Gasteiger partial charge is 0.352 e. The zero-order valence-corrected chi connectivity index (χ0v) is 19.8. The van der Waals surface area contributed by atoms with Gasteiger partial charge in [0.1, 0.15) is 0 Å². The Hall–Kier alpha value is -3.13. The fourth-order valence-corrected chi connectivity index (χ4v) is 4.89. The van der Waals surface area contributed by atoms with E-state index >= 15 is 0 Å². The highest BCUT2D eigenvalue weighted by Gasteiger charge is 2.27. The van der Waals surface area contributed by atoms with Crippen molar-refractivity contribution in [3.63, 3.8) is 0 Å². The Labute approximate surface area is 198 Å². The molecule has 0 saturated carbocycles. The molecule has 0 aliphatic carbocycles. The molecule has 1 saturated heterocycles. The number of aromatic nitrogens is 3. The molecule has 1 aliphatic heterocycles. The minimum Gasteiger partial charge on any atom is -0.352 e. The summed E-state index contributed by atoms with van der Waals surface area (Å²) in [6, 6.07) is 10.00. The number of amides is 2. The molecule has 0 spiro atoms. The average Bonchev–Trinajstić information content (AvgIpc) is 3.32. The van der Waals surface area contributed by atoms with Gasteiger partial charge in [0.25, 0.3) is 0 Å². The number of likely N-dealkylation sites (tertiary alicyclic amines) is 1. The Bertz CT molecular complexity index is 1110. The van der Waals surface area contributed by atoms with Gasteiger partial charge in [-0.3, -0.25) is 19.1 Å². The second kappa shape index (κ2) is 10.7. The van der Waals surface area contributed by atoms with Crippen molar-refractivity contribution in [1.29, 1.82) is 0 Å². The van der Waals surface area contributed by atoms with E-state index in [1.165, 1.54) is 22.9 Å². The van der Waals surface area contributed by atoms with Gasteiger partial charge >= 0.3 is 0 Å². The van der Waals surface area contributed by atoms with Gasteiger partial charge < -0.3 is 10.2 Å². The number of carbonyl (C=O) groups excluding carboxylic acids is 2. The van der Waals surface area contributed by atoms with E-state index in [0.29, 0.717) is 38.2 Å². The maximum Gasteiger partial charge on any atom is 0.233 e. The molecule has 3 heterocycles. The van der Waals surface area contributed by atoms with E-state index in [2.05, 4.69) is 41.3 Å². The number of imidazole rings is 1. The van der Waals surface area contributed by atoms with Gasteiger partial charge in [0, 0.05) is 50.3 Å². The lowest BCUT2D eigenvalue weighted by Gasteiger charge is -2.31. The quantitative estimate of drug-likeness (QED) is 0.542. The first-order valence-electron chi connectivity index (χ1n) is 11.2. The number of carbonyl (C=O) groups is 2. The molecule has 0 radical (unpaired) electrons. The van der Waals surface area contributed by atoms with E-state index in [9.17, 15) is 9.59 Å². The number of piperidine rings is 1. The third kappa shape index (κ3) is 5.63. The van der Waals surface area contributed by atoms with Crippen LogP contribution in [-0.2, 0) is 16.1 Å². The molecule has 172 valence electrons. The van der Waals surface area contributed by atoms with Crippen LogP contribution in [0.1, 0.15) is 29.5 Å². The number of pyridine rings is 1. The fourth-order valence-electron chi connectivity index (χ4n) is 4.02. The molecule has 0 atom stereocenters. The Morgan fingerprint density at radius 3 is 2.70 bits per heavy atom. The second-order valence-corrected chi connectivity index (χ2v) is 9.26. The maximum atomic E-state index is 12.8. The summed E-state index contributed by atoms with van der Waals surface area (Å²) in [5.41, 5.74) is 4.49. The number of rotatable bonds is 7. The SMILES string of the molecule is Cc1cccc(-n2ccnc2SCC(=O)N2CCC(C(=O)NCc3cccnc3)CC2)c1C. The van der Waals surface area contributed by atoms with Crippen LogP contribution in [0.4, 0.5) is 0 Å². The van der Waals surface area contributed by atoms with Crippen LogP contribution in [0.15, 0.2) is 60.3 Å². The highest BCUT2D eigenvalue weighted by atomic mass is 32.2. The van der Waals surface area contributed by atoms with Gasteiger partial charge in [-0.25, -0.2) is 4.98 Å². The first kappa shape index (κ1) is 23.0. The molecule has 0 bridgehead atoms. The molecule has 3 aromatic rings. The van der Waals surface area contributed by atoms with Gasteiger partial charge in [0.05, 0.1) is 11.4 Å². The zero-order valence-electron chi connectivity index (χ0n) is 19.0. The Kier molecular flexibility index (Phi) is 7.44. The van der Waals surface area contributed by atoms with Gasteiger partial charge in [-0.15, -0.1) is 0 Å². The van der Waals surface area contributed by atoms with Crippen molar-refractivity contribution < 1.29 is 9.59 Å². The van der Waals surface area contributed by atoms with E-state index in [4.69, 9.17) is 0 Å². The highest BCUT2D eigenvalue weighted by Crippen LogP contribution is 2.25. The first-order valence-corrected chi connectivity index (χ1v) is 12.2. The molecule has 0 unspecified atom stereocenters. The molecule has 33 heavy (non-hydrogen) atoms. The molecule has 1 fully saturated rings. The molecule has 2 aromatic heterocycles. The summed E-state index contributed by atoms with van der Waals surface area (Å²) in [6.45, 7) is 5.89. The summed E-state index contributed by atoms with van der Waals surface area (Å²) < 4.78 is 2.04. The van der Waals surface area contributed by atoms with Crippen molar-refractivity contribution in [2.75, 3.05) is 18.8 Å². The average molecular weight is 464 g/mol. The van der Waals surface area contributed by atoms with Gasteiger partial charge in [0.2, 0.25) is 11.8 Å². The van der Waals surface area contributed by atoms with E-state index in [1.54, 1.807) is 18.6 Å². The molecule has 4 rings (SSSR count). The number of hydrogen-bond donors (Lipinski definition) is 1. The van der Waals surface area contributed by atoms with Gasteiger partial charge in [-0.2, -0.15) is 0 Å². The molecular weight excluding hydrogens is 434 g/mol. The van der Waals surface area contributed by atoms with Crippen LogP contribution in [0.25, 0.3) is 5.69 Å². The van der Waals surface area contributed by atoms with Crippen molar-refractivity contribution >= 4 is 23.6 Å². The minimum atomic E-state index is -0.0541. The summed E-state index contributed by atoms with van der Waals surface area (Å²) >= 11 is 1.45. The summed E-state index contributed by atoms with van der Waals surface area (Å²) in [7, 11) is 0. The normalized spacial score (nSPS) is 14.3. The van der Waals surface area contributed by atoms with Crippen molar-refractivity contribution in [3.8, 4) is 5.69 Å². The zero-order chi connectivity index (χ0) is 23.2. The van der Waals surface area contributed by atoms with E-state index in [0.717, 1.165) is 16.4 Å². The smallest absolute Gasteiger partial charge is 0.233 e. The summed E-state index contributed by atoms with van der Waals surface area (Å²) in [5, 5.41) is 3.80. The van der Waals surface area contributed by atoms with Crippen molar-refractivity contribution in [3.05, 3.63) is 71.8 Å². The van der Waals surface area contributed by atoms with Crippen LogP contribution in [0.2, 0.25) is 0 Å². The third-order valence-electron chi connectivity index (χ3n) is 6.18. The summed E-state index contributed by atoms with van der Waals surface area (Å²) in [4.78, 5) is 35.7. The topological polar surface area (TPSA) is 80.1 Å². The summed E-state index contributed by atoms with van der Waals surface area (Å²) in [6.07, 6.45) is 8.55. The lowest BCUT2D eigenvalue weighted by atomic mass is 9.96. The molecular formula is C25H29N5O2S. The van der Waals surface area contributed by atoms with Crippen LogP contribution in [0, 0.1) is 19.8 Å². The maximum absolute atomic E-state index is 12.8. The Morgan fingerprint density at radius 2 is 1.94 bits per heavy atom. The molecule has 1 N–H and O–H groups in total. The van der Waals surface area contributed by atoms with Gasteiger partial charge in [-0.05, 0) is 55.5 Å². The number of hydrogen-bond acceptors (Lipinski definition) is 5. The molecule has 2 amide bonds. The fraction of sp³-hybridized carbons (Fsp3) is 0.360. The van der Waals surface area contributed by atoms with E-state index in [-0.39, 0.29) is 17.7 Å². The highest BCUT2D eigenvalue weighted by molar-refractivity contribution is 7.99. The minimum absolute atomic E-state index is 0.0517. The Balaban J connectivity index is 1.26. The van der Waals surface area contributed by atoms with Gasteiger partial charge in [0.15, 0.2) is 5.16 Å². The van der Waals surface area contributed by atoms with Gasteiger partial charge in [-0.1, -0.05) is 30.0 Å². The van der Waals surface area contributed by atoms with Crippen LogP contribution >= 0.6 is 11.8 Å². The predicted molar refractivity (Wildman–Crippen MR) is 129 cm³/mol. The monoisotopic (exact) mass is 463 g/mol. The second-order valence-electron chi connectivity index (χ2n) is 8.32. The lowest BCUT2D eigenvalue weighted by Crippen LogP contribution is -2.43. The van der Waals surface area contributed by atoms with Crippen LogP contribution in [0.3, 0.4) is 0 Å². The van der Waals surface area contributed by atoms with Crippen molar-refractivity contribution in [2.45, 2.75) is 38.4 Å². The number of nitrogens with zero attached hydrogens (tertiary/aromatic N) is 4. The summed E-state index contributed by atoms with van der Waals surface area (Å²) in [5.74, 6) is 0.418. The number of nitrogens with one attached hydrogen (secondary N) is 1. The first-order chi connectivity index (χ1) is 16.0. The van der Waals surface area contributed by atoms with Crippen LogP contribution in [-0.4, -0.2) is 50.1 Å². The van der Waals surface area contributed by atoms with Crippen LogP contribution in [0.5, 0.6) is 0 Å². The van der Waals surface area contributed by atoms with Crippen molar-refractivity contribution in [1.82, 2.24) is 24.8 Å². The van der Waals surface area contributed by atoms with Crippen LogP contribution < -0.4 is 5.32 Å². The molecule has 1 aliphatic rings. The third-order valence-corrected chi connectivity index (χ3v) is 7.13. The lowest BCUT2D eigenvalue weighted by molar-refractivity contribution is -0.133. The molecule has 1 aromatic carbocycles. The number of benzene rings is 1. The molecule has 8 heteroatoms. The molecule has 7 nitrogen and oxygen atoms in total. The number of aryl methyl sites for hydroxylation is 1. The standard InChI is InChI=1S/C25H29N5O2S/c1-18-5-3-7-22(19(18)2)30-14-11-27-25(30)33-17-23(31)29-12-8-21(9-13-29)24(32)28-16-20-6-4-10-26-15-20/h3-7,10-11,14-15,21H,8-9,12-13,16-17H2,1-2H3,(H,28,32). The van der Waals surface area contributed by atoms with Crippen molar-refractivity contribution in [2.24, 2.45) is 5.92 Å².